The van der Waals surface area contributed by atoms with Crippen molar-refractivity contribution in [3.8, 4) is 0 Å². The van der Waals surface area contributed by atoms with Crippen molar-refractivity contribution in [2.24, 2.45) is 11.8 Å². The van der Waals surface area contributed by atoms with Crippen LogP contribution in [0.25, 0.3) is 10.8 Å². The van der Waals surface area contributed by atoms with E-state index in [1.807, 2.05) is 38.1 Å². The Morgan fingerprint density at radius 1 is 1.05 bits per heavy atom. The Morgan fingerprint density at radius 2 is 1.61 bits per heavy atom. The van der Waals surface area contributed by atoms with Crippen LogP contribution >= 0.6 is 0 Å². The van der Waals surface area contributed by atoms with Crippen LogP contribution in [0.3, 0.4) is 0 Å². The van der Waals surface area contributed by atoms with Crippen molar-refractivity contribution < 1.29 is 41.1 Å². The summed E-state index contributed by atoms with van der Waals surface area (Å²) in [7, 11) is -4.09. The second-order valence-corrected chi connectivity index (χ2v) is 10.5. The van der Waals surface area contributed by atoms with Gasteiger partial charge in [-0.2, -0.15) is 13.2 Å². The molecule has 0 aliphatic carbocycles. The Balaban J connectivity index is 0.000000638. The maximum Gasteiger partial charge on any atom is 0.490 e. The van der Waals surface area contributed by atoms with Crippen molar-refractivity contribution in [3.63, 3.8) is 0 Å². The predicted molar refractivity (Wildman–Crippen MR) is 135 cm³/mol. The summed E-state index contributed by atoms with van der Waals surface area (Å²) in [5.41, 5.74) is 0. The van der Waals surface area contributed by atoms with Gasteiger partial charge in [0.25, 0.3) is 10.0 Å². The van der Waals surface area contributed by atoms with E-state index < -0.39 is 34.0 Å². The van der Waals surface area contributed by atoms with Crippen LogP contribution in [-0.4, -0.2) is 68.6 Å². The average molecular weight is 560 g/mol. The summed E-state index contributed by atoms with van der Waals surface area (Å²) >= 11 is 0. The van der Waals surface area contributed by atoms with Gasteiger partial charge < -0.3 is 15.3 Å². The van der Waals surface area contributed by atoms with Crippen LogP contribution in [0.5, 0.6) is 0 Å². The fourth-order valence-corrected chi connectivity index (χ4v) is 5.18. The molecule has 1 unspecified atom stereocenters. The highest BCUT2D eigenvalue weighted by Gasteiger charge is 2.38. The SMILES string of the molecule is CCN(CC)C(=O)C(CC1CCNCC1)C(=O)NS(=O)(=O)c1ccc2ccccc2c1.O=C(O)C(F)(F)F. The van der Waals surface area contributed by atoms with Gasteiger partial charge in [-0.15, -0.1) is 0 Å². The number of rotatable bonds is 8. The first kappa shape index (κ1) is 31.0. The normalized spacial score (nSPS) is 15.2. The van der Waals surface area contributed by atoms with Crippen molar-refractivity contribution in [2.45, 2.75) is 44.2 Å². The molecule has 1 atom stereocenters. The monoisotopic (exact) mass is 559 g/mol. The zero-order chi connectivity index (χ0) is 28.5. The summed E-state index contributed by atoms with van der Waals surface area (Å²) in [6.07, 6.45) is -2.99. The molecule has 1 saturated heterocycles. The zero-order valence-electron chi connectivity index (χ0n) is 21.1. The number of hydrogen-bond acceptors (Lipinski definition) is 6. The number of piperidine rings is 1. The Bertz CT molecular complexity index is 1230. The van der Waals surface area contributed by atoms with Gasteiger partial charge in [0.1, 0.15) is 5.92 Å². The number of carboxylic acids is 1. The smallest absolute Gasteiger partial charge is 0.475 e. The quantitative estimate of drug-likeness (QED) is 0.423. The topological polar surface area (TPSA) is 133 Å². The number of halogens is 3. The van der Waals surface area contributed by atoms with Gasteiger partial charge in [0.2, 0.25) is 11.8 Å². The van der Waals surface area contributed by atoms with Crippen molar-refractivity contribution >= 4 is 38.6 Å². The lowest BCUT2D eigenvalue weighted by Gasteiger charge is -2.29. The highest BCUT2D eigenvalue weighted by Crippen LogP contribution is 2.24. The molecular formula is C25H32F3N3O6S. The lowest BCUT2D eigenvalue weighted by molar-refractivity contribution is -0.192. The molecule has 0 bridgehead atoms. The third-order valence-electron chi connectivity index (χ3n) is 6.23. The minimum Gasteiger partial charge on any atom is -0.475 e. The molecule has 13 heteroatoms. The van der Waals surface area contributed by atoms with Crippen LogP contribution in [0.15, 0.2) is 47.4 Å². The summed E-state index contributed by atoms with van der Waals surface area (Å²) < 4.78 is 59.8. The first-order valence-electron chi connectivity index (χ1n) is 12.1. The molecule has 2 amide bonds. The van der Waals surface area contributed by atoms with E-state index in [9.17, 15) is 31.2 Å². The number of fused-ring (bicyclic) bond motifs is 1. The Labute approximate surface area is 219 Å². The van der Waals surface area contributed by atoms with E-state index in [1.54, 1.807) is 17.0 Å². The van der Waals surface area contributed by atoms with E-state index in [2.05, 4.69) is 10.0 Å². The van der Waals surface area contributed by atoms with Crippen molar-refractivity contribution in [1.29, 1.82) is 0 Å². The number of carbonyl (C=O) groups excluding carboxylic acids is 2. The molecule has 2 aromatic carbocycles. The number of benzene rings is 2. The van der Waals surface area contributed by atoms with Crippen molar-refractivity contribution in [3.05, 3.63) is 42.5 Å². The molecule has 9 nitrogen and oxygen atoms in total. The molecular weight excluding hydrogens is 527 g/mol. The van der Waals surface area contributed by atoms with Gasteiger partial charge >= 0.3 is 12.1 Å². The van der Waals surface area contributed by atoms with Crippen molar-refractivity contribution in [2.75, 3.05) is 26.2 Å². The Kier molecular flexibility index (Phi) is 11.1. The van der Waals surface area contributed by atoms with Crippen molar-refractivity contribution in [1.82, 2.24) is 14.9 Å². The molecule has 0 radical (unpaired) electrons. The van der Waals surface area contributed by atoms with E-state index >= 15 is 0 Å². The highest BCUT2D eigenvalue weighted by molar-refractivity contribution is 7.90. The standard InChI is InChI=1S/C23H31N3O4S.C2HF3O2/c1-3-26(4-2)23(28)21(15-17-11-13-24-14-12-17)22(27)25-31(29,30)20-10-9-18-7-5-6-8-19(18)16-20;3-2(4,5)1(6)7/h5-10,16-17,21,24H,3-4,11-15H2,1-2H3,(H,25,27);(H,6,7). The molecule has 1 fully saturated rings. The zero-order valence-corrected chi connectivity index (χ0v) is 21.9. The number of carboxylic acid groups (broad SMARTS) is 1. The molecule has 3 rings (SSSR count). The summed E-state index contributed by atoms with van der Waals surface area (Å²) in [5.74, 6) is -4.62. The van der Waals surface area contributed by atoms with Crippen LogP contribution < -0.4 is 10.0 Å². The van der Waals surface area contributed by atoms with Gasteiger partial charge in [0, 0.05) is 13.1 Å². The van der Waals surface area contributed by atoms with Gasteiger partial charge in [0.15, 0.2) is 0 Å². The number of aliphatic carboxylic acids is 1. The van der Waals surface area contributed by atoms with Crippen LogP contribution in [0.4, 0.5) is 13.2 Å². The number of nitrogens with one attached hydrogen (secondary N) is 2. The van der Waals surface area contributed by atoms with Crippen LogP contribution in [0.1, 0.15) is 33.1 Å². The van der Waals surface area contributed by atoms with Crippen LogP contribution in [0, 0.1) is 11.8 Å². The van der Waals surface area contributed by atoms with E-state index in [-0.39, 0.29) is 16.7 Å². The molecule has 1 aliphatic rings. The van der Waals surface area contributed by atoms with Gasteiger partial charge in [0.05, 0.1) is 4.90 Å². The summed E-state index contributed by atoms with van der Waals surface area (Å²) in [6, 6.07) is 12.1. The summed E-state index contributed by atoms with van der Waals surface area (Å²) in [4.78, 5) is 36.7. The second kappa shape index (κ2) is 13.6. The van der Waals surface area contributed by atoms with Gasteiger partial charge in [-0.3, -0.25) is 9.59 Å². The maximum atomic E-state index is 13.1. The second-order valence-electron chi connectivity index (χ2n) is 8.77. The molecule has 210 valence electrons. The minimum atomic E-state index is -5.08. The molecule has 2 aromatic rings. The molecule has 0 saturated carbocycles. The van der Waals surface area contributed by atoms with E-state index in [1.165, 1.54) is 6.07 Å². The summed E-state index contributed by atoms with van der Waals surface area (Å²) in [5, 5.41) is 12.1. The largest absolute Gasteiger partial charge is 0.490 e. The molecule has 38 heavy (non-hydrogen) atoms. The van der Waals surface area contributed by atoms with Gasteiger partial charge in [-0.05, 0) is 75.0 Å². The fraction of sp³-hybridized carbons (Fsp3) is 0.480. The first-order chi connectivity index (χ1) is 17.8. The maximum absolute atomic E-state index is 13.1. The molecule has 1 aliphatic heterocycles. The fourth-order valence-electron chi connectivity index (χ4n) is 4.12. The lowest BCUT2D eigenvalue weighted by Crippen LogP contribution is -2.46. The number of hydrogen-bond donors (Lipinski definition) is 3. The number of nitrogens with zero attached hydrogens (tertiary/aromatic N) is 1. The predicted octanol–water partition coefficient (Wildman–Crippen LogP) is 3.15. The summed E-state index contributed by atoms with van der Waals surface area (Å²) in [6.45, 7) is 6.34. The minimum absolute atomic E-state index is 0.00968. The molecule has 3 N–H and O–H groups in total. The molecule has 1 heterocycles. The average Bonchev–Trinajstić information content (AvgIpc) is 2.87. The van der Waals surface area contributed by atoms with Gasteiger partial charge in [-0.25, -0.2) is 17.9 Å². The molecule has 0 spiro atoms. The number of alkyl halides is 3. The lowest BCUT2D eigenvalue weighted by atomic mass is 9.86. The number of carbonyl (C=O) groups is 3. The third kappa shape index (κ3) is 8.69. The number of sulfonamides is 1. The Hall–Kier alpha value is -3.19. The molecule has 0 aromatic heterocycles. The van der Waals surface area contributed by atoms with E-state index in [4.69, 9.17) is 9.90 Å². The number of amides is 2. The first-order valence-corrected chi connectivity index (χ1v) is 13.6. The van der Waals surface area contributed by atoms with Crippen LogP contribution in [-0.2, 0) is 24.4 Å². The van der Waals surface area contributed by atoms with Crippen LogP contribution in [0.2, 0.25) is 0 Å². The van der Waals surface area contributed by atoms with E-state index in [0.29, 0.717) is 19.5 Å². The highest BCUT2D eigenvalue weighted by atomic mass is 32.2. The van der Waals surface area contributed by atoms with Gasteiger partial charge in [-0.1, -0.05) is 30.3 Å². The third-order valence-corrected chi connectivity index (χ3v) is 7.57. The van der Waals surface area contributed by atoms with E-state index in [0.717, 1.165) is 36.7 Å². The Morgan fingerprint density at radius 3 is 2.13 bits per heavy atom.